The van der Waals surface area contributed by atoms with Gasteiger partial charge in [-0.15, -0.1) is 0 Å². The van der Waals surface area contributed by atoms with Crippen LogP contribution in [0.25, 0.3) is 0 Å². The van der Waals surface area contributed by atoms with Crippen molar-refractivity contribution < 1.29 is 0 Å². The van der Waals surface area contributed by atoms with E-state index in [0.29, 0.717) is 6.04 Å². The van der Waals surface area contributed by atoms with Crippen LogP contribution in [0.2, 0.25) is 0 Å². The monoisotopic (exact) mass is 223 g/mol. The van der Waals surface area contributed by atoms with Crippen LogP contribution in [0.4, 0.5) is 5.95 Å². The molecule has 3 nitrogen and oxygen atoms in total. The second-order valence-electron chi connectivity index (χ2n) is 4.50. The van der Waals surface area contributed by atoms with Gasteiger partial charge >= 0.3 is 0 Å². The lowest BCUT2D eigenvalue weighted by atomic mass is 9.96. The standard InChI is InChI=1S/C13H25N3/c1-6-12(7-2)11(5)15-13-14-10(4)9-16(13)8-3/h9,11-12H,6-8H2,1-5H3,(H,14,15). The molecule has 0 saturated heterocycles. The minimum absolute atomic E-state index is 0.488. The van der Waals surface area contributed by atoms with E-state index in [4.69, 9.17) is 0 Å². The van der Waals surface area contributed by atoms with Crippen LogP contribution in [-0.2, 0) is 6.54 Å². The molecule has 0 saturated carbocycles. The topological polar surface area (TPSA) is 29.9 Å². The fourth-order valence-corrected chi connectivity index (χ4v) is 2.22. The van der Waals surface area contributed by atoms with Gasteiger partial charge in [0.1, 0.15) is 0 Å². The number of nitrogens with one attached hydrogen (secondary N) is 1. The third-order valence-corrected chi connectivity index (χ3v) is 3.35. The summed E-state index contributed by atoms with van der Waals surface area (Å²) in [6.07, 6.45) is 4.54. The van der Waals surface area contributed by atoms with E-state index in [1.807, 2.05) is 6.92 Å². The maximum absolute atomic E-state index is 4.52. The molecule has 3 heteroatoms. The van der Waals surface area contributed by atoms with Gasteiger partial charge in [-0.05, 0) is 26.7 Å². The molecule has 0 aliphatic rings. The quantitative estimate of drug-likeness (QED) is 0.800. The van der Waals surface area contributed by atoms with E-state index in [0.717, 1.165) is 24.1 Å². The summed E-state index contributed by atoms with van der Waals surface area (Å²) in [4.78, 5) is 4.52. The van der Waals surface area contributed by atoms with Gasteiger partial charge in [0.05, 0.1) is 5.69 Å². The molecule has 0 aromatic carbocycles. The van der Waals surface area contributed by atoms with Crippen molar-refractivity contribution in [1.82, 2.24) is 9.55 Å². The summed E-state index contributed by atoms with van der Waals surface area (Å²) in [5.41, 5.74) is 1.08. The van der Waals surface area contributed by atoms with Crippen LogP contribution in [0.15, 0.2) is 6.20 Å². The Kier molecular flexibility index (Phi) is 4.84. The third-order valence-electron chi connectivity index (χ3n) is 3.35. The number of imidazole rings is 1. The van der Waals surface area contributed by atoms with Gasteiger partial charge < -0.3 is 9.88 Å². The largest absolute Gasteiger partial charge is 0.353 e. The zero-order valence-corrected chi connectivity index (χ0v) is 11.2. The Morgan fingerprint density at radius 1 is 1.31 bits per heavy atom. The molecule has 0 bridgehead atoms. The molecule has 1 heterocycles. The van der Waals surface area contributed by atoms with Crippen molar-refractivity contribution in [2.45, 2.75) is 60.0 Å². The second-order valence-corrected chi connectivity index (χ2v) is 4.50. The number of aryl methyl sites for hydroxylation is 2. The first-order valence-electron chi connectivity index (χ1n) is 6.42. The predicted molar refractivity (Wildman–Crippen MR) is 69.8 cm³/mol. The van der Waals surface area contributed by atoms with Crippen molar-refractivity contribution in [2.75, 3.05) is 5.32 Å². The molecule has 1 aromatic heterocycles. The van der Waals surface area contributed by atoms with E-state index >= 15 is 0 Å². The van der Waals surface area contributed by atoms with Crippen LogP contribution in [0.5, 0.6) is 0 Å². The Labute approximate surface area is 99.3 Å². The maximum Gasteiger partial charge on any atom is 0.203 e. The van der Waals surface area contributed by atoms with E-state index in [1.54, 1.807) is 0 Å². The first-order valence-corrected chi connectivity index (χ1v) is 6.42. The van der Waals surface area contributed by atoms with E-state index in [2.05, 4.69) is 48.8 Å². The van der Waals surface area contributed by atoms with Crippen LogP contribution >= 0.6 is 0 Å². The highest BCUT2D eigenvalue weighted by atomic mass is 15.2. The molecule has 0 aliphatic heterocycles. The van der Waals surface area contributed by atoms with Gasteiger partial charge in [-0.3, -0.25) is 0 Å². The zero-order chi connectivity index (χ0) is 12.1. The van der Waals surface area contributed by atoms with Crippen LogP contribution in [0.3, 0.4) is 0 Å². The van der Waals surface area contributed by atoms with Crippen molar-refractivity contribution in [1.29, 1.82) is 0 Å². The van der Waals surface area contributed by atoms with E-state index in [1.165, 1.54) is 12.8 Å². The van der Waals surface area contributed by atoms with Gasteiger partial charge in [0.2, 0.25) is 5.95 Å². The van der Waals surface area contributed by atoms with Gasteiger partial charge in [0, 0.05) is 18.8 Å². The van der Waals surface area contributed by atoms with Crippen molar-refractivity contribution in [2.24, 2.45) is 5.92 Å². The highest BCUT2D eigenvalue weighted by molar-refractivity contribution is 5.30. The number of nitrogens with zero attached hydrogens (tertiary/aromatic N) is 2. The summed E-state index contributed by atoms with van der Waals surface area (Å²) >= 11 is 0. The lowest BCUT2D eigenvalue weighted by Crippen LogP contribution is -2.26. The molecule has 0 aliphatic carbocycles. The molecular weight excluding hydrogens is 198 g/mol. The van der Waals surface area contributed by atoms with Crippen molar-refractivity contribution >= 4 is 5.95 Å². The summed E-state index contributed by atoms with van der Waals surface area (Å²) in [6.45, 7) is 11.9. The average Bonchev–Trinajstić information content (AvgIpc) is 2.60. The fourth-order valence-electron chi connectivity index (χ4n) is 2.22. The summed E-state index contributed by atoms with van der Waals surface area (Å²) < 4.78 is 2.17. The minimum Gasteiger partial charge on any atom is -0.353 e. The maximum atomic E-state index is 4.52. The van der Waals surface area contributed by atoms with Crippen molar-refractivity contribution in [3.63, 3.8) is 0 Å². The molecular formula is C13H25N3. The second kappa shape index (κ2) is 5.92. The molecule has 1 unspecified atom stereocenters. The zero-order valence-electron chi connectivity index (χ0n) is 11.2. The highest BCUT2D eigenvalue weighted by Crippen LogP contribution is 2.17. The predicted octanol–water partition coefficient (Wildman–Crippen LogP) is 3.45. The number of aromatic nitrogens is 2. The Morgan fingerprint density at radius 2 is 1.94 bits per heavy atom. The van der Waals surface area contributed by atoms with Gasteiger partial charge in [-0.25, -0.2) is 4.98 Å². The molecule has 1 aromatic rings. The van der Waals surface area contributed by atoms with Gasteiger partial charge in [-0.1, -0.05) is 26.7 Å². The Bertz CT molecular complexity index is 313. The molecule has 0 spiro atoms. The van der Waals surface area contributed by atoms with Gasteiger partial charge in [-0.2, -0.15) is 0 Å². The lowest BCUT2D eigenvalue weighted by Gasteiger charge is -2.23. The van der Waals surface area contributed by atoms with E-state index in [-0.39, 0.29) is 0 Å². The SMILES string of the molecule is CCC(CC)C(C)Nc1nc(C)cn1CC. The van der Waals surface area contributed by atoms with Crippen molar-refractivity contribution in [3.05, 3.63) is 11.9 Å². The number of rotatable bonds is 6. The molecule has 92 valence electrons. The molecule has 0 radical (unpaired) electrons. The summed E-state index contributed by atoms with van der Waals surface area (Å²) in [6, 6.07) is 0.488. The number of anilines is 1. The normalized spacial score (nSPS) is 13.1. The first-order chi connectivity index (χ1) is 7.62. The summed E-state index contributed by atoms with van der Waals surface area (Å²) in [7, 11) is 0. The Morgan fingerprint density at radius 3 is 2.44 bits per heavy atom. The van der Waals surface area contributed by atoms with Gasteiger partial charge in [0.25, 0.3) is 0 Å². The summed E-state index contributed by atoms with van der Waals surface area (Å²) in [5, 5.41) is 3.54. The van der Waals surface area contributed by atoms with E-state index < -0.39 is 0 Å². The van der Waals surface area contributed by atoms with Crippen LogP contribution in [-0.4, -0.2) is 15.6 Å². The van der Waals surface area contributed by atoms with Gasteiger partial charge in [0.15, 0.2) is 0 Å². The van der Waals surface area contributed by atoms with Crippen LogP contribution < -0.4 is 5.32 Å². The third kappa shape index (κ3) is 3.00. The molecule has 1 atom stereocenters. The molecule has 16 heavy (non-hydrogen) atoms. The molecule has 1 rings (SSSR count). The minimum atomic E-state index is 0.488. The molecule has 1 N–H and O–H groups in total. The Balaban J connectivity index is 2.71. The average molecular weight is 223 g/mol. The van der Waals surface area contributed by atoms with E-state index in [9.17, 15) is 0 Å². The lowest BCUT2D eigenvalue weighted by molar-refractivity contribution is 0.434. The van der Waals surface area contributed by atoms with Crippen LogP contribution in [0, 0.1) is 12.8 Å². The molecule has 0 fully saturated rings. The molecule has 0 amide bonds. The number of hydrogen-bond acceptors (Lipinski definition) is 2. The highest BCUT2D eigenvalue weighted by Gasteiger charge is 2.15. The number of hydrogen-bond donors (Lipinski definition) is 1. The van der Waals surface area contributed by atoms with Crippen molar-refractivity contribution in [3.8, 4) is 0 Å². The fraction of sp³-hybridized carbons (Fsp3) is 0.769. The summed E-state index contributed by atoms with van der Waals surface area (Å²) in [5.74, 6) is 1.74. The Hall–Kier alpha value is -0.990. The van der Waals surface area contributed by atoms with Crippen LogP contribution in [0.1, 0.15) is 46.2 Å². The smallest absolute Gasteiger partial charge is 0.203 e. The first kappa shape index (κ1) is 13.1.